The van der Waals surface area contributed by atoms with Gasteiger partial charge in [-0.05, 0) is 42.0 Å². The van der Waals surface area contributed by atoms with Crippen molar-refractivity contribution in [1.29, 1.82) is 0 Å². The van der Waals surface area contributed by atoms with Crippen LogP contribution in [0.4, 0.5) is 17.1 Å². The average molecular weight is 367 g/mol. The molecule has 3 N–H and O–H groups in total. The van der Waals surface area contributed by atoms with E-state index < -0.39 is 0 Å². The van der Waals surface area contributed by atoms with Crippen LogP contribution in [0.15, 0.2) is 72.9 Å². The van der Waals surface area contributed by atoms with E-state index >= 15 is 0 Å². The molecule has 1 heterocycles. The van der Waals surface area contributed by atoms with Gasteiger partial charge in [-0.1, -0.05) is 30.3 Å². The average Bonchev–Trinajstić information content (AvgIpc) is 3.12. The number of hydrogen-bond acceptors (Lipinski definition) is 3. The highest BCUT2D eigenvalue weighted by atomic mass is 16.1. The molecule has 1 aromatic heterocycles. The molecule has 4 aromatic rings. The van der Waals surface area contributed by atoms with Crippen LogP contribution in [0, 0.1) is 6.57 Å². The third-order valence-corrected chi connectivity index (χ3v) is 4.51. The van der Waals surface area contributed by atoms with Gasteiger partial charge in [0.05, 0.1) is 36.2 Å². The van der Waals surface area contributed by atoms with Gasteiger partial charge < -0.3 is 11.1 Å². The normalized spacial score (nSPS) is 10.5. The molecule has 0 radical (unpaired) electrons. The molecule has 6 heteroatoms. The maximum Gasteiger partial charge on any atom is 0.255 e. The third kappa shape index (κ3) is 3.41. The number of nitrogens with two attached hydrogens (primary N) is 1. The largest absolute Gasteiger partial charge is 0.397 e. The first-order valence-electron chi connectivity index (χ1n) is 8.72. The molecule has 1 amide bonds. The molecule has 3 aromatic carbocycles. The predicted molar refractivity (Wildman–Crippen MR) is 110 cm³/mol. The number of amides is 1. The van der Waals surface area contributed by atoms with Crippen molar-refractivity contribution in [3.05, 3.63) is 95.5 Å². The zero-order chi connectivity index (χ0) is 19.5. The first-order chi connectivity index (χ1) is 13.6. The number of aromatic nitrogens is 2. The van der Waals surface area contributed by atoms with Crippen molar-refractivity contribution in [2.45, 2.75) is 6.54 Å². The second-order valence-electron chi connectivity index (χ2n) is 6.40. The van der Waals surface area contributed by atoms with Crippen molar-refractivity contribution in [3.63, 3.8) is 0 Å². The molecule has 0 unspecified atom stereocenters. The minimum absolute atomic E-state index is 0.208. The summed E-state index contributed by atoms with van der Waals surface area (Å²) in [6, 6.07) is 20.1. The maximum absolute atomic E-state index is 12.4. The van der Waals surface area contributed by atoms with Gasteiger partial charge in [-0.2, -0.15) is 5.10 Å². The molecular formula is C22H17N5O. The van der Waals surface area contributed by atoms with E-state index in [1.54, 1.807) is 36.5 Å². The number of benzene rings is 3. The smallest absolute Gasteiger partial charge is 0.255 e. The Bertz CT molecular complexity index is 1200. The second-order valence-corrected chi connectivity index (χ2v) is 6.40. The van der Waals surface area contributed by atoms with Crippen molar-refractivity contribution in [2.75, 3.05) is 11.1 Å². The Balaban J connectivity index is 1.50. The van der Waals surface area contributed by atoms with Gasteiger partial charge in [0, 0.05) is 10.9 Å². The number of para-hydroxylation sites is 2. The van der Waals surface area contributed by atoms with Gasteiger partial charge >= 0.3 is 0 Å². The lowest BCUT2D eigenvalue weighted by Gasteiger charge is -2.09. The van der Waals surface area contributed by atoms with Crippen molar-refractivity contribution in [3.8, 4) is 0 Å². The van der Waals surface area contributed by atoms with Crippen LogP contribution in [0.1, 0.15) is 15.9 Å². The molecule has 4 rings (SSSR count). The lowest BCUT2D eigenvalue weighted by molar-refractivity contribution is 0.102. The van der Waals surface area contributed by atoms with Crippen molar-refractivity contribution in [2.24, 2.45) is 0 Å². The highest BCUT2D eigenvalue weighted by molar-refractivity contribution is 6.05. The molecule has 0 spiro atoms. The first kappa shape index (κ1) is 17.3. The van der Waals surface area contributed by atoms with Gasteiger partial charge in [-0.3, -0.25) is 9.48 Å². The van der Waals surface area contributed by atoms with Crippen LogP contribution < -0.4 is 11.1 Å². The Kier molecular flexibility index (Phi) is 4.48. The van der Waals surface area contributed by atoms with E-state index in [-0.39, 0.29) is 5.91 Å². The van der Waals surface area contributed by atoms with Crippen LogP contribution in [0.2, 0.25) is 0 Å². The van der Waals surface area contributed by atoms with E-state index in [1.165, 1.54) is 0 Å². The number of nitrogens with one attached hydrogen (secondary N) is 1. The molecule has 136 valence electrons. The maximum atomic E-state index is 12.4. The van der Waals surface area contributed by atoms with Crippen LogP contribution in [0.5, 0.6) is 0 Å². The number of nitrogen functional groups attached to an aromatic ring is 1. The van der Waals surface area contributed by atoms with E-state index in [0.29, 0.717) is 29.2 Å². The summed E-state index contributed by atoms with van der Waals surface area (Å²) in [5.74, 6) is -0.208. The van der Waals surface area contributed by atoms with Gasteiger partial charge in [0.15, 0.2) is 5.69 Å². The highest BCUT2D eigenvalue weighted by Gasteiger charge is 2.09. The van der Waals surface area contributed by atoms with Gasteiger partial charge in [-0.25, -0.2) is 4.85 Å². The Morgan fingerprint density at radius 2 is 1.89 bits per heavy atom. The molecule has 0 atom stereocenters. The number of carbonyl (C=O) groups excluding carboxylic acids is 1. The van der Waals surface area contributed by atoms with Crippen molar-refractivity contribution in [1.82, 2.24) is 9.78 Å². The minimum atomic E-state index is -0.208. The van der Waals surface area contributed by atoms with Crippen LogP contribution in [-0.4, -0.2) is 15.7 Å². The van der Waals surface area contributed by atoms with Gasteiger partial charge in [0.1, 0.15) is 0 Å². The summed E-state index contributed by atoms with van der Waals surface area (Å²) in [6.45, 7) is 7.68. The van der Waals surface area contributed by atoms with Crippen molar-refractivity contribution >= 4 is 33.9 Å². The minimum Gasteiger partial charge on any atom is -0.397 e. The Morgan fingerprint density at radius 3 is 2.64 bits per heavy atom. The summed E-state index contributed by atoms with van der Waals surface area (Å²) >= 11 is 0. The van der Waals surface area contributed by atoms with Crippen LogP contribution >= 0.6 is 0 Å². The van der Waals surface area contributed by atoms with Gasteiger partial charge in [0.25, 0.3) is 5.91 Å². The molecule has 0 aliphatic heterocycles. The number of carbonyl (C=O) groups is 1. The number of nitrogens with zero attached hydrogens (tertiary/aromatic N) is 3. The van der Waals surface area contributed by atoms with E-state index in [4.69, 9.17) is 12.3 Å². The quantitative estimate of drug-likeness (QED) is 0.413. The fourth-order valence-electron chi connectivity index (χ4n) is 3.01. The molecule has 28 heavy (non-hydrogen) atoms. The summed E-state index contributed by atoms with van der Waals surface area (Å²) in [5, 5.41) is 8.17. The molecule has 0 saturated heterocycles. The topological polar surface area (TPSA) is 77.3 Å². The standard InChI is InChI=1S/C22H17N5O/c1-24-18-10-11-21-17(12-18)13-25-27(21)14-15-6-8-16(9-7-15)22(28)26-20-5-3-2-4-19(20)23/h2-13H,14,23H2,(H,26,28). The Labute approximate surface area is 162 Å². The van der Waals surface area contributed by atoms with Gasteiger partial charge in [-0.15, -0.1) is 0 Å². The number of rotatable bonds is 4. The second kappa shape index (κ2) is 7.25. The third-order valence-electron chi connectivity index (χ3n) is 4.51. The summed E-state index contributed by atoms with van der Waals surface area (Å²) < 4.78 is 1.88. The van der Waals surface area contributed by atoms with E-state index in [0.717, 1.165) is 16.5 Å². The number of hydrogen-bond donors (Lipinski definition) is 2. The highest BCUT2D eigenvalue weighted by Crippen LogP contribution is 2.22. The Morgan fingerprint density at radius 1 is 1.11 bits per heavy atom. The lowest BCUT2D eigenvalue weighted by Crippen LogP contribution is -2.13. The summed E-state index contributed by atoms with van der Waals surface area (Å²) in [4.78, 5) is 15.9. The summed E-state index contributed by atoms with van der Waals surface area (Å²) in [6.07, 6.45) is 1.76. The number of fused-ring (bicyclic) bond motifs is 1. The Hall–Kier alpha value is -4.11. The van der Waals surface area contributed by atoms with Crippen molar-refractivity contribution < 1.29 is 4.79 Å². The SMILES string of the molecule is [C-]#[N+]c1ccc2c(cnn2Cc2ccc(C(=O)Nc3ccccc3N)cc2)c1. The molecule has 0 saturated carbocycles. The van der Waals surface area contributed by atoms with E-state index in [2.05, 4.69) is 15.3 Å². The van der Waals surface area contributed by atoms with Crippen LogP contribution in [-0.2, 0) is 6.54 Å². The monoisotopic (exact) mass is 367 g/mol. The van der Waals surface area contributed by atoms with Gasteiger partial charge in [0.2, 0.25) is 0 Å². The predicted octanol–water partition coefficient (Wildman–Crippen LogP) is 4.47. The molecular weight excluding hydrogens is 350 g/mol. The van der Waals surface area contributed by atoms with Crippen LogP contribution in [0.25, 0.3) is 15.7 Å². The van der Waals surface area contributed by atoms with Crippen LogP contribution in [0.3, 0.4) is 0 Å². The summed E-state index contributed by atoms with van der Waals surface area (Å²) in [7, 11) is 0. The van der Waals surface area contributed by atoms with E-state index in [1.807, 2.05) is 41.1 Å². The molecule has 0 aliphatic rings. The fourth-order valence-corrected chi connectivity index (χ4v) is 3.01. The molecule has 0 fully saturated rings. The zero-order valence-electron chi connectivity index (χ0n) is 15.0. The molecule has 0 aliphatic carbocycles. The summed E-state index contributed by atoms with van der Waals surface area (Å²) in [5.41, 5.74) is 10.1. The number of anilines is 2. The van der Waals surface area contributed by atoms with E-state index in [9.17, 15) is 4.79 Å². The molecule has 0 bridgehead atoms. The lowest BCUT2D eigenvalue weighted by atomic mass is 10.1. The zero-order valence-corrected chi connectivity index (χ0v) is 15.0. The first-order valence-corrected chi connectivity index (χ1v) is 8.72. The molecule has 6 nitrogen and oxygen atoms in total. The fraction of sp³-hybridized carbons (Fsp3) is 0.0455.